The molecule has 0 saturated carbocycles. The van der Waals surface area contributed by atoms with Crippen LogP contribution in [-0.2, 0) is 0 Å². The average Bonchev–Trinajstić information content (AvgIpc) is 1.98. The molecular weight excluding hydrogens is 182 g/mol. The number of halogens is 2. The van der Waals surface area contributed by atoms with Crippen LogP contribution in [0.5, 0.6) is 0 Å². The van der Waals surface area contributed by atoms with Gasteiger partial charge in [0.05, 0.1) is 6.42 Å². The topological polar surface area (TPSA) is 0 Å². The lowest BCUT2D eigenvalue weighted by molar-refractivity contribution is -0.0519. The van der Waals surface area contributed by atoms with Gasteiger partial charge >= 0.3 is 0 Å². The molecule has 0 radical (unpaired) electrons. The molecule has 0 aliphatic carbocycles. The first kappa shape index (κ1) is 13.4. The Kier molecular flexibility index (Phi) is 4.58. The van der Waals surface area contributed by atoms with E-state index in [-0.39, 0.29) is 5.41 Å². The molecule has 82 valence electrons. The number of hydrogen-bond donors (Lipinski definition) is 0. The second kappa shape index (κ2) is 4.77. The number of rotatable bonds is 4. The molecule has 0 heterocycles. The van der Waals surface area contributed by atoms with Gasteiger partial charge in [0, 0.05) is 5.92 Å². The van der Waals surface area contributed by atoms with Gasteiger partial charge in [-0.05, 0) is 18.3 Å². The summed E-state index contributed by atoms with van der Waals surface area (Å²) in [6.45, 7) is 7.74. The Labute approximate surface area is 86.1 Å². The van der Waals surface area contributed by atoms with E-state index in [0.29, 0.717) is 6.42 Å². The molecule has 0 saturated heterocycles. The smallest absolute Gasteiger partial charge is 0.205 e. The zero-order valence-corrected chi connectivity index (χ0v) is 9.53. The third-order valence-corrected chi connectivity index (χ3v) is 2.39. The Morgan fingerprint density at radius 2 is 1.79 bits per heavy atom. The molecule has 1 atom stereocenters. The van der Waals surface area contributed by atoms with Crippen molar-refractivity contribution in [3.63, 3.8) is 0 Å². The van der Waals surface area contributed by atoms with E-state index in [1.807, 2.05) is 5.92 Å². The molecular formula is C12H20F2. The van der Waals surface area contributed by atoms with E-state index in [2.05, 4.69) is 20.8 Å². The highest BCUT2D eigenvalue weighted by Crippen LogP contribution is 2.34. The van der Waals surface area contributed by atoms with Crippen molar-refractivity contribution in [3.05, 3.63) is 0 Å². The van der Waals surface area contributed by atoms with E-state index in [4.69, 9.17) is 6.42 Å². The van der Waals surface area contributed by atoms with Gasteiger partial charge in [-0.15, -0.1) is 12.3 Å². The van der Waals surface area contributed by atoms with Crippen LogP contribution < -0.4 is 0 Å². The van der Waals surface area contributed by atoms with Crippen molar-refractivity contribution in [3.8, 4) is 12.3 Å². The van der Waals surface area contributed by atoms with Crippen molar-refractivity contribution in [1.29, 1.82) is 0 Å². The van der Waals surface area contributed by atoms with Crippen LogP contribution >= 0.6 is 0 Å². The third kappa shape index (κ3) is 5.21. The van der Waals surface area contributed by atoms with E-state index in [0.717, 1.165) is 6.42 Å². The third-order valence-electron chi connectivity index (χ3n) is 2.39. The number of terminal acetylenes is 1. The van der Waals surface area contributed by atoms with Crippen LogP contribution in [0.4, 0.5) is 8.78 Å². The van der Waals surface area contributed by atoms with Gasteiger partial charge in [-0.1, -0.05) is 27.7 Å². The molecule has 0 amide bonds. The van der Waals surface area contributed by atoms with E-state index in [1.54, 1.807) is 6.92 Å². The summed E-state index contributed by atoms with van der Waals surface area (Å²) in [7, 11) is 0. The fourth-order valence-electron chi connectivity index (χ4n) is 1.17. The quantitative estimate of drug-likeness (QED) is 0.602. The molecule has 0 nitrogen and oxygen atoms in total. The summed E-state index contributed by atoms with van der Waals surface area (Å²) in [5.74, 6) is -1.30. The van der Waals surface area contributed by atoms with Crippen LogP contribution in [0.1, 0.15) is 47.0 Å². The summed E-state index contributed by atoms with van der Waals surface area (Å²) < 4.78 is 26.5. The second-order valence-corrected chi connectivity index (χ2v) is 5.14. The monoisotopic (exact) mass is 202 g/mol. The Hall–Kier alpha value is -0.580. The Morgan fingerprint density at radius 1 is 1.29 bits per heavy atom. The molecule has 0 aliphatic heterocycles. The van der Waals surface area contributed by atoms with Crippen molar-refractivity contribution < 1.29 is 8.78 Å². The molecule has 1 unspecified atom stereocenters. The van der Waals surface area contributed by atoms with Gasteiger partial charge in [0.15, 0.2) is 0 Å². The molecule has 0 aliphatic rings. The van der Waals surface area contributed by atoms with Crippen LogP contribution in [0.3, 0.4) is 0 Å². The molecule has 0 aromatic carbocycles. The van der Waals surface area contributed by atoms with Crippen molar-refractivity contribution in [2.75, 3.05) is 0 Å². The highest BCUT2D eigenvalue weighted by atomic mass is 19.3. The lowest BCUT2D eigenvalue weighted by Crippen LogP contribution is -2.26. The first-order valence-electron chi connectivity index (χ1n) is 5.00. The van der Waals surface area contributed by atoms with Gasteiger partial charge in [-0.2, -0.15) is 0 Å². The van der Waals surface area contributed by atoms with Gasteiger partial charge < -0.3 is 0 Å². The summed E-state index contributed by atoms with van der Waals surface area (Å²) in [5.41, 5.74) is 0.112. The summed E-state index contributed by atoms with van der Waals surface area (Å²) in [4.78, 5) is 0. The molecule has 0 aromatic heterocycles. The minimum atomic E-state index is -2.71. The van der Waals surface area contributed by atoms with Gasteiger partial charge in [-0.25, -0.2) is 8.78 Å². The lowest BCUT2D eigenvalue weighted by Gasteiger charge is -2.25. The summed E-state index contributed by atoms with van der Waals surface area (Å²) in [6, 6.07) is 0. The lowest BCUT2D eigenvalue weighted by atomic mass is 9.85. The number of hydrogen-bond acceptors (Lipinski definition) is 0. The predicted octanol–water partition coefficient (Wildman–Crippen LogP) is 4.11. The van der Waals surface area contributed by atoms with E-state index in [1.165, 1.54) is 0 Å². The first-order chi connectivity index (χ1) is 6.19. The molecule has 0 fully saturated rings. The van der Waals surface area contributed by atoms with Crippen LogP contribution in [0.25, 0.3) is 0 Å². The maximum atomic E-state index is 13.3. The van der Waals surface area contributed by atoms with Gasteiger partial charge in [0.1, 0.15) is 0 Å². The van der Waals surface area contributed by atoms with Crippen LogP contribution in [0, 0.1) is 23.7 Å². The SMILES string of the molecule is C#CCC(F)(F)C(C)CCC(C)(C)C. The first-order valence-corrected chi connectivity index (χ1v) is 5.00. The Morgan fingerprint density at radius 3 is 2.14 bits per heavy atom. The Balaban J connectivity index is 4.09. The standard InChI is InChI=1S/C12H20F2/c1-6-8-12(13,14)10(2)7-9-11(3,4)5/h1,10H,7-9H2,2-5H3. The van der Waals surface area contributed by atoms with E-state index < -0.39 is 18.3 Å². The van der Waals surface area contributed by atoms with E-state index >= 15 is 0 Å². The van der Waals surface area contributed by atoms with Crippen molar-refractivity contribution in [2.24, 2.45) is 11.3 Å². The van der Waals surface area contributed by atoms with Crippen LogP contribution in [0.2, 0.25) is 0 Å². The number of alkyl halides is 2. The van der Waals surface area contributed by atoms with Crippen molar-refractivity contribution >= 4 is 0 Å². The normalized spacial score (nSPS) is 14.9. The predicted molar refractivity (Wildman–Crippen MR) is 56.3 cm³/mol. The van der Waals surface area contributed by atoms with Crippen LogP contribution in [-0.4, -0.2) is 5.92 Å². The zero-order chi connectivity index (χ0) is 11.4. The highest BCUT2D eigenvalue weighted by molar-refractivity contribution is 4.92. The minimum Gasteiger partial charge on any atom is -0.205 e. The van der Waals surface area contributed by atoms with Crippen LogP contribution in [0.15, 0.2) is 0 Å². The second-order valence-electron chi connectivity index (χ2n) is 5.14. The van der Waals surface area contributed by atoms with Gasteiger partial charge in [0.25, 0.3) is 5.92 Å². The zero-order valence-electron chi connectivity index (χ0n) is 9.53. The maximum Gasteiger partial charge on any atom is 0.261 e. The van der Waals surface area contributed by atoms with Gasteiger partial charge in [0.2, 0.25) is 0 Å². The fraction of sp³-hybridized carbons (Fsp3) is 0.833. The van der Waals surface area contributed by atoms with Crippen molar-refractivity contribution in [1.82, 2.24) is 0 Å². The highest BCUT2D eigenvalue weighted by Gasteiger charge is 2.35. The molecule has 2 heteroatoms. The molecule has 0 rings (SSSR count). The molecule has 0 aromatic rings. The molecule has 14 heavy (non-hydrogen) atoms. The molecule has 0 spiro atoms. The summed E-state index contributed by atoms with van der Waals surface area (Å²) >= 11 is 0. The largest absolute Gasteiger partial charge is 0.261 e. The molecule has 0 bridgehead atoms. The maximum absolute atomic E-state index is 13.3. The summed E-state index contributed by atoms with van der Waals surface area (Å²) in [6.07, 6.45) is 5.78. The fourth-order valence-corrected chi connectivity index (χ4v) is 1.17. The summed E-state index contributed by atoms with van der Waals surface area (Å²) in [5, 5.41) is 0. The van der Waals surface area contributed by atoms with Crippen molar-refractivity contribution in [2.45, 2.75) is 52.9 Å². The Bertz CT molecular complexity index is 205. The average molecular weight is 202 g/mol. The van der Waals surface area contributed by atoms with Gasteiger partial charge in [-0.3, -0.25) is 0 Å². The molecule has 0 N–H and O–H groups in total. The van der Waals surface area contributed by atoms with E-state index in [9.17, 15) is 8.78 Å². The minimum absolute atomic E-state index is 0.112.